The van der Waals surface area contributed by atoms with Gasteiger partial charge >= 0.3 is 103 Å². The van der Waals surface area contributed by atoms with Crippen molar-refractivity contribution in [1.29, 1.82) is 0 Å². The third-order valence-corrected chi connectivity index (χ3v) is 0. The Hall–Kier alpha value is 3.41. The van der Waals surface area contributed by atoms with Gasteiger partial charge in [-0.15, -0.1) is 0 Å². The Morgan fingerprint density at radius 2 is 1.20 bits per heavy atom. The van der Waals surface area contributed by atoms with Crippen LogP contribution in [-0.4, -0.2) is 19.6 Å². The minimum Gasteiger partial charge on any atom is -1.00 e. The Labute approximate surface area is 122 Å². The predicted octanol–water partition coefficient (Wildman–Crippen LogP) is -7.80. The Balaban J connectivity index is -0.00000000333. The van der Waals surface area contributed by atoms with Crippen LogP contribution in [0.25, 0.3) is 0 Å². The van der Waals surface area contributed by atoms with Crippen LogP contribution < -0.4 is 103 Å². The molecule has 0 rings (SSSR count). The van der Waals surface area contributed by atoms with Crippen LogP contribution in [0.3, 0.4) is 0 Å². The van der Waals surface area contributed by atoms with Crippen molar-refractivity contribution in [2.75, 3.05) is 0 Å². The normalized spacial score (nSPS) is 3.60. The van der Waals surface area contributed by atoms with Gasteiger partial charge in [0.15, 0.2) is 0 Å². The van der Waals surface area contributed by atoms with E-state index in [9.17, 15) is 0 Å². The van der Waals surface area contributed by atoms with Gasteiger partial charge in [0, 0.05) is 0 Å². The molecular weight excluding hydrogens is 138 g/mol. The van der Waals surface area contributed by atoms with Crippen molar-refractivity contribution in [3.8, 4) is 0 Å². The summed E-state index contributed by atoms with van der Waals surface area (Å²) in [4.78, 5) is 14.5. The zero-order chi connectivity index (χ0) is 2.71. The summed E-state index contributed by atoms with van der Waals surface area (Å²) in [5.41, 5.74) is 0. The first-order chi connectivity index (χ1) is 1.41. The van der Waals surface area contributed by atoms with Gasteiger partial charge in [-0.25, -0.2) is 0 Å². The summed E-state index contributed by atoms with van der Waals surface area (Å²) in [6.07, 6.45) is 0. The second-order valence-corrected chi connectivity index (χ2v) is 0.424. The Morgan fingerprint density at radius 1 is 1.20 bits per heavy atom. The summed E-state index contributed by atoms with van der Waals surface area (Å²) >= 11 is 0. The molecule has 0 unspecified atom stereocenters. The van der Waals surface area contributed by atoms with Crippen LogP contribution in [0.1, 0.15) is 2.85 Å². The molecule has 24 valence electrons. The van der Waals surface area contributed by atoms with Crippen molar-refractivity contribution in [2.45, 2.75) is 0 Å². The minimum atomic E-state index is -1.58. The van der Waals surface area contributed by atoms with Gasteiger partial charge in [-0.3, -0.25) is 0 Å². The van der Waals surface area contributed by atoms with E-state index in [1.54, 1.807) is 0 Å². The molecular formula is H6K2O2Si. The molecule has 0 saturated carbocycles. The average molecular weight is 144 g/mol. The van der Waals surface area contributed by atoms with E-state index in [-0.39, 0.29) is 106 Å². The van der Waals surface area contributed by atoms with Gasteiger partial charge in [-0.2, -0.15) is 0 Å². The van der Waals surface area contributed by atoms with Crippen molar-refractivity contribution in [1.82, 2.24) is 0 Å². The van der Waals surface area contributed by atoms with Crippen LogP contribution in [0, 0.1) is 0 Å². The molecule has 0 bridgehead atoms. The summed E-state index contributed by atoms with van der Waals surface area (Å²) in [6.45, 7) is 0. The molecule has 0 aliphatic carbocycles. The molecule has 0 saturated heterocycles. The first-order valence-electron chi connectivity index (χ1n) is 0.632. The molecule has 0 fully saturated rings. The molecule has 0 amide bonds. The Morgan fingerprint density at radius 3 is 1.20 bits per heavy atom. The van der Waals surface area contributed by atoms with E-state index in [2.05, 4.69) is 0 Å². The molecule has 0 aliphatic heterocycles. The quantitative estimate of drug-likeness (QED) is 0.332. The van der Waals surface area contributed by atoms with Gasteiger partial charge < -0.3 is 12.4 Å². The van der Waals surface area contributed by atoms with Crippen molar-refractivity contribution < 1.29 is 115 Å². The second-order valence-electron chi connectivity index (χ2n) is 0.141. The molecule has 0 spiro atoms. The minimum absolute atomic E-state index is 0. The molecule has 0 atom stereocenters. The van der Waals surface area contributed by atoms with Crippen LogP contribution in [0.15, 0.2) is 0 Å². The molecule has 0 aromatic heterocycles. The van der Waals surface area contributed by atoms with E-state index >= 15 is 0 Å². The topological polar surface area (TPSA) is 40.5 Å². The monoisotopic (exact) mass is 144 g/mol. The van der Waals surface area contributed by atoms with Crippen molar-refractivity contribution in [3.05, 3.63) is 0 Å². The molecule has 0 aliphatic rings. The fourth-order valence-electron chi connectivity index (χ4n) is 0. The van der Waals surface area contributed by atoms with Gasteiger partial charge in [-0.05, 0) is 0 Å². The van der Waals surface area contributed by atoms with Gasteiger partial charge in [0.05, 0.1) is 0 Å². The fourth-order valence-corrected chi connectivity index (χ4v) is 0. The van der Waals surface area contributed by atoms with E-state index in [1.165, 1.54) is 0 Å². The summed E-state index contributed by atoms with van der Waals surface area (Å²) in [5.74, 6) is 0. The van der Waals surface area contributed by atoms with Crippen LogP contribution in [0.2, 0.25) is 0 Å². The third kappa shape index (κ3) is 18.7. The maximum absolute atomic E-state index is 7.26. The molecule has 5 heteroatoms. The summed E-state index contributed by atoms with van der Waals surface area (Å²) in [5, 5.41) is 0. The maximum Gasteiger partial charge on any atom is 1.00 e. The zero-order valence-corrected chi connectivity index (χ0v) is 11.3. The molecule has 5 heavy (non-hydrogen) atoms. The standard InChI is InChI=1S/2K.H4O2Si.2H/c;;1-3-2;;/h;;1-2H,3H2;;/q2*+1;;2*-1. The third-order valence-electron chi connectivity index (χ3n) is 0. The molecule has 2 N–H and O–H groups in total. The van der Waals surface area contributed by atoms with E-state index in [0.717, 1.165) is 0 Å². The first kappa shape index (κ1) is 15.8. The van der Waals surface area contributed by atoms with Crippen LogP contribution in [0.4, 0.5) is 0 Å². The number of hydrogen-bond donors (Lipinski definition) is 2. The van der Waals surface area contributed by atoms with Gasteiger partial charge in [-0.1, -0.05) is 0 Å². The van der Waals surface area contributed by atoms with E-state index in [4.69, 9.17) is 9.59 Å². The zero-order valence-electron chi connectivity index (χ0n) is 5.60. The molecule has 0 heterocycles. The Kier molecular flexibility index (Phi) is 49.4. The van der Waals surface area contributed by atoms with E-state index in [0.29, 0.717) is 0 Å². The molecule has 0 radical (unpaired) electrons. The SMILES string of the molecule is O[SiH2]O.[H-].[H-].[K+].[K+]. The van der Waals surface area contributed by atoms with Crippen LogP contribution in [0.5, 0.6) is 0 Å². The van der Waals surface area contributed by atoms with Gasteiger partial charge in [0.1, 0.15) is 0 Å². The number of rotatable bonds is 0. The predicted molar refractivity (Wildman–Crippen MR) is 15.2 cm³/mol. The fraction of sp³-hybridized carbons (Fsp3) is 0. The van der Waals surface area contributed by atoms with Crippen LogP contribution >= 0.6 is 0 Å². The van der Waals surface area contributed by atoms with E-state index < -0.39 is 10.0 Å². The average Bonchev–Trinajstić information content (AvgIpc) is 0.918. The summed E-state index contributed by atoms with van der Waals surface area (Å²) in [6, 6.07) is 0. The van der Waals surface area contributed by atoms with Crippen molar-refractivity contribution in [3.63, 3.8) is 0 Å². The van der Waals surface area contributed by atoms with Crippen molar-refractivity contribution >= 4 is 10.0 Å². The Bertz CT molecular complexity index is 13.7. The van der Waals surface area contributed by atoms with Crippen molar-refractivity contribution in [2.24, 2.45) is 0 Å². The van der Waals surface area contributed by atoms with Crippen LogP contribution in [-0.2, 0) is 0 Å². The molecule has 0 aromatic rings. The largest absolute Gasteiger partial charge is 1.00 e. The smallest absolute Gasteiger partial charge is 1.00 e. The first-order valence-corrected chi connectivity index (χ1v) is 1.90. The molecule has 0 aromatic carbocycles. The van der Waals surface area contributed by atoms with Gasteiger partial charge in [0.25, 0.3) is 10.0 Å². The molecule has 2 nitrogen and oxygen atoms in total. The number of hydrogen-bond acceptors (Lipinski definition) is 2. The summed E-state index contributed by atoms with van der Waals surface area (Å²) < 4.78 is 0. The maximum atomic E-state index is 7.26. The van der Waals surface area contributed by atoms with E-state index in [1.807, 2.05) is 0 Å². The second kappa shape index (κ2) is 15.7. The van der Waals surface area contributed by atoms with Gasteiger partial charge in [0.2, 0.25) is 0 Å². The summed E-state index contributed by atoms with van der Waals surface area (Å²) in [7, 11) is -1.58.